The minimum absolute atomic E-state index is 0.0711. The van der Waals surface area contributed by atoms with E-state index in [1.165, 1.54) is 0 Å². The van der Waals surface area contributed by atoms with Gasteiger partial charge < -0.3 is 14.4 Å². The summed E-state index contributed by atoms with van der Waals surface area (Å²) < 4.78 is 11.4. The van der Waals surface area contributed by atoms with Crippen molar-refractivity contribution < 1.29 is 24.3 Å². The molecule has 2 N–H and O–H groups in total. The molecule has 0 saturated heterocycles. The standard InChI is InChI=1S/C22H24N2O5/c1-28-14-22(9-10-22)21(26)24-12-17-8-7-16(20(25)23-27)11-19(17)29-13-18(24)15-5-3-2-4-6-15/h2-8,11,18,27H,9-10,12-14H2,1H3,(H,23,25). The van der Waals surface area contributed by atoms with Crippen molar-refractivity contribution in [2.45, 2.75) is 25.4 Å². The predicted octanol–water partition coefficient (Wildman–Crippen LogP) is 2.69. The molecule has 1 saturated carbocycles. The molecular formula is C22H24N2O5. The number of rotatable bonds is 5. The van der Waals surface area contributed by atoms with Gasteiger partial charge in [0.05, 0.1) is 24.6 Å². The lowest BCUT2D eigenvalue weighted by molar-refractivity contribution is -0.142. The zero-order valence-electron chi connectivity index (χ0n) is 16.3. The molecule has 29 heavy (non-hydrogen) atoms. The monoisotopic (exact) mass is 396 g/mol. The first-order chi connectivity index (χ1) is 14.1. The van der Waals surface area contributed by atoms with Crippen LogP contribution in [0.5, 0.6) is 5.75 Å². The fraction of sp³-hybridized carbons (Fsp3) is 0.364. The molecule has 7 heteroatoms. The quantitative estimate of drug-likeness (QED) is 0.599. The number of carbonyl (C=O) groups excluding carboxylic acids is 2. The van der Waals surface area contributed by atoms with Gasteiger partial charge in [0.25, 0.3) is 5.91 Å². The van der Waals surface area contributed by atoms with Crippen LogP contribution in [0.15, 0.2) is 48.5 Å². The lowest BCUT2D eigenvalue weighted by atomic mass is 10.0. The van der Waals surface area contributed by atoms with E-state index >= 15 is 0 Å². The van der Waals surface area contributed by atoms with Gasteiger partial charge in [-0.1, -0.05) is 36.4 Å². The van der Waals surface area contributed by atoms with Gasteiger partial charge in [-0.25, -0.2) is 5.48 Å². The Balaban J connectivity index is 1.70. The van der Waals surface area contributed by atoms with Crippen molar-refractivity contribution in [1.29, 1.82) is 0 Å². The van der Waals surface area contributed by atoms with Gasteiger partial charge in [-0.05, 0) is 30.5 Å². The van der Waals surface area contributed by atoms with Gasteiger partial charge in [0.15, 0.2) is 0 Å². The Bertz CT molecular complexity index is 911. The summed E-state index contributed by atoms with van der Waals surface area (Å²) in [5.41, 5.74) is 3.29. The SMILES string of the molecule is COCC1(C(=O)N2Cc3ccc(C(=O)NO)cc3OCC2c2ccccc2)CC1. The van der Waals surface area contributed by atoms with Crippen molar-refractivity contribution in [1.82, 2.24) is 10.4 Å². The number of methoxy groups -OCH3 is 1. The number of hydrogen-bond acceptors (Lipinski definition) is 5. The van der Waals surface area contributed by atoms with Crippen LogP contribution in [0.2, 0.25) is 0 Å². The minimum atomic E-state index is -0.606. The molecule has 1 heterocycles. The van der Waals surface area contributed by atoms with Crippen LogP contribution in [0.4, 0.5) is 0 Å². The van der Waals surface area contributed by atoms with E-state index in [1.54, 1.807) is 30.8 Å². The van der Waals surface area contributed by atoms with E-state index in [1.807, 2.05) is 35.2 Å². The highest BCUT2D eigenvalue weighted by Gasteiger charge is 2.53. The van der Waals surface area contributed by atoms with Crippen LogP contribution < -0.4 is 10.2 Å². The summed E-state index contributed by atoms with van der Waals surface area (Å²) in [6.07, 6.45) is 1.64. The average molecular weight is 396 g/mol. The Morgan fingerprint density at radius 1 is 1.24 bits per heavy atom. The highest BCUT2D eigenvalue weighted by atomic mass is 16.5. The molecular weight excluding hydrogens is 372 g/mol. The molecule has 2 amide bonds. The van der Waals surface area contributed by atoms with Crippen molar-refractivity contribution in [3.8, 4) is 5.75 Å². The largest absolute Gasteiger partial charge is 0.491 e. The average Bonchev–Trinajstić information content (AvgIpc) is 3.56. The lowest BCUT2D eigenvalue weighted by Gasteiger charge is -2.32. The van der Waals surface area contributed by atoms with Crippen molar-refractivity contribution in [2.75, 3.05) is 20.3 Å². The van der Waals surface area contributed by atoms with Crippen molar-refractivity contribution in [3.63, 3.8) is 0 Å². The third-order valence-corrected chi connectivity index (χ3v) is 5.72. The third-order valence-electron chi connectivity index (χ3n) is 5.72. The first-order valence-corrected chi connectivity index (χ1v) is 9.63. The number of nitrogens with one attached hydrogen (secondary N) is 1. The van der Waals surface area contributed by atoms with Crippen LogP contribution >= 0.6 is 0 Å². The van der Waals surface area contributed by atoms with Crippen LogP contribution in [-0.2, 0) is 16.1 Å². The van der Waals surface area contributed by atoms with Gasteiger partial charge in [-0.2, -0.15) is 0 Å². The van der Waals surface area contributed by atoms with Crippen LogP contribution in [-0.4, -0.2) is 42.2 Å². The van der Waals surface area contributed by atoms with E-state index in [4.69, 9.17) is 14.7 Å². The summed E-state index contributed by atoms with van der Waals surface area (Å²) in [6.45, 7) is 1.06. The second-order valence-corrected chi connectivity index (χ2v) is 7.65. The Morgan fingerprint density at radius 2 is 2.00 bits per heavy atom. The Morgan fingerprint density at radius 3 is 2.66 bits per heavy atom. The number of hydrogen-bond donors (Lipinski definition) is 2. The Hall–Kier alpha value is -2.90. The molecule has 2 aromatic rings. The van der Waals surface area contributed by atoms with Crippen LogP contribution in [0.3, 0.4) is 0 Å². The summed E-state index contributed by atoms with van der Waals surface area (Å²) in [5.74, 6) is 0.00553. The van der Waals surface area contributed by atoms with Gasteiger partial charge in [0, 0.05) is 18.2 Å². The molecule has 7 nitrogen and oxygen atoms in total. The number of carbonyl (C=O) groups is 2. The van der Waals surface area contributed by atoms with E-state index in [0.29, 0.717) is 24.5 Å². The van der Waals surface area contributed by atoms with Crippen molar-refractivity contribution >= 4 is 11.8 Å². The van der Waals surface area contributed by atoms with Gasteiger partial charge in [-0.15, -0.1) is 0 Å². The first-order valence-electron chi connectivity index (χ1n) is 9.63. The number of ether oxygens (including phenoxy) is 2. The molecule has 2 aromatic carbocycles. The topological polar surface area (TPSA) is 88.1 Å². The summed E-state index contributed by atoms with van der Waals surface area (Å²) >= 11 is 0. The molecule has 152 valence electrons. The molecule has 1 aliphatic carbocycles. The second kappa shape index (κ2) is 7.85. The molecule has 0 radical (unpaired) electrons. The molecule has 2 aliphatic rings. The zero-order chi connectivity index (χ0) is 20.4. The summed E-state index contributed by atoms with van der Waals surface area (Å²) in [5, 5.41) is 8.90. The van der Waals surface area contributed by atoms with Crippen LogP contribution in [0.25, 0.3) is 0 Å². The normalized spacial score (nSPS) is 19.5. The van der Waals surface area contributed by atoms with Crippen LogP contribution in [0, 0.1) is 5.41 Å². The fourth-order valence-corrected chi connectivity index (χ4v) is 3.89. The maximum Gasteiger partial charge on any atom is 0.274 e. The molecule has 1 fully saturated rings. The zero-order valence-corrected chi connectivity index (χ0v) is 16.3. The smallest absolute Gasteiger partial charge is 0.274 e. The lowest BCUT2D eigenvalue weighted by Crippen LogP contribution is -2.42. The fourth-order valence-electron chi connectivity index (χ4n) is 3.89. The number of nitrogens with zero attached hydrogens (tertiary/aromatic N) is 1. The van der Waals surface area contributed by atoms with Crippen molar-refractivity contribution in [2.24, 2.45) is 5.41 Å². The highest BCUT2D eigenvalue weighted by Crippen LogP contribution is 2.49. The Labute approximate surface area is 169 Å². The number of amides is 2. The van der Waals surface area contributed by atoms with Crippen LogP contribution in [0.1, 0.15) is 40.4 Å². The van der Waals surface area contributed by atoms with Gasteiger partial charge in [0.1, 0.15) is 12.4 Å². The van der Waals surface area contributed by atoms with Gasteiger partial charge >= 0.3 is 0 Å². The first kappa shape index (κ1) is 19.4. The summed E-state index contributed by atoms with van der Waals surface area (Å²) in [4.78, 5) is 27.2. The molecule has 4 rings (SSSR count). The van der Waals surface area contributed by atoms with Gasteiger partial charge in [0.2, 0.25) is 5.91 Å². The highest BCUT2D eigenvalue weighted by molar-refractivity contribution is 5.94. The van der Waals surface area contributed by atoms with E-state index in [9.17, 15) is 9.59 Å². The van der Waals surface area contributed by atoms with E-state index in [2.05, 4.69) is 0 Å². The number of fused-ring (bicyclic) bond motifs is 1. The number of hydroxylamine groups is 1. The summed E-state index contributed by atoms with van der Waals surface area (Å²) in [6, 6.07) is 14.5. The summed E-state index contributed by atoms with van der Waals surface area (Å²) in [7, 11) is 1.62. The minimum Gasteiger partial charge on any atom is -0.491 e. The molecule has 1 aliphatic heterocycles. The molecule has 0 aromatic heterocycles. The predicted molar refractivity (Wildman–Crippen MR) is 104 cm³/mol. The molecule has 0 spiro atoms. The Kier molecular flexibility index (Phi) is 5.25. The van der Waals surface area contributed by atoms with E-state index < -0.39 is 11.3 Å². The van der Waals surface area contributed by atoms with Crippen molar-refractivity contribution in [3.05, 3.63) is 65.2 Å². The maximum atomic E-state index is 13.5. The van der Waals surface area contributed by atoms with E-state index in [0.717, 1.165) is 24.0 Å². The third kappa shape index (κ3) is 3.71. The van der Waals surface area contributed by atoms with Gasteiger partial charge in [-0.3, -0.25) is 14.8 Å². The molecule has 1 atom stereocenters. The number of benzene rings is 2. The molecule has 0 bridgehead atoms. The second-order valence-electron chi connectivity index (χ2n) is 7.65. The molecule has 1 unspecified atom stereocenters. The maximum absolute atomic E-state index is 13.5. The van der Waals surface area contributed by atoms with E-state index in [-0.39, 0.29) is 18.6 Å².